The van der Waals surface area contributed by atoms with Gasteiger partial charge in [-0.2, -0.15) is 0 Å². The van der Waals surface area contributed by atoms with E-state index in [2.05, 4.69) is 15.9 Å². The first-order valence-electron chi connectivity index (χ1n) is 5.90. The summed E-state index contributed by atoms with van der Waals surface area (Å²) >= 11 is 3.46. The van der Waals surface area contributed by atoms with E-state index in [0.29, 0.717) is 6.61 Å². The molecule has 0 radical (unpaired) electrons. The summed E-state index contributed by atoms with van der Waals surface area (Å²) in [6.07, 6.45) is 3.50. The maximum Gasteiger partial charge on any atom is 0.124 e. The monoisotopic (exact) mass is 299 g/mol. The molecule has 4 heteroatoms. The van der Waals surface area contributed by atoms with Crippen molar-refractivity contribution in [1.29, 1.82) is 0 Å². The van der Waals surface area contributed by atoms with Crippen molar-refractivity contribution in [2.45, 2.75) is 38.0 Å². The first-order valence-corrected chi connectivity index (χ1v) is 6.69. The molecule has 2 atom stereocenters. The molecule has 1 aliphatic rings. The molecular weight excluding hydrogens is 282 g/mol. The lowest BCUT2D eigenvalue weighted by Crippen LogP contribution is -2.31. The molecule has 0 bridgehead atoms. The fraction of sp³-hybridized carbons (Fsp3) is 0.538. The second kappa shape index (κ2) is 5.85. The molecule has 1 saturated carbocycles. The summed E-state index contributed by atoms with van der Waals surface area (Å²) in [4.78, 5) is 0. The molecule has 17 heavy (non-hydrogen) atoms. The van der Waals surface area contributed by atoms with E-state index in [1.165, 1.54) is 6.42 Å². The van der Waals surface area contributed by atoms with Crippen LogP contribution in [-0.2, 0) is 11.3 Å². The highest BCUT2D eigenvalue weighted by atomic mass is 79.9. The molecule has 1 aromatic carbocycles. The zero-order chi connectivity index (χ0) is 12.3. The van der Waals surface area contributed by atoms with Crippen LogP contribution in [0.2, 0.25) is 0 Å². The van der Waals surface area contributed by atoms with Gasteiger partial charge in [-0.1, -0.05) is 15.9 Å². The maximum atomic E-state index is 5.98. The Kier molecular flexibility index (Phi) is 4.42. The van der Waals surface area contributed by atoms with Crippen molar-refractivity contribution in [3.8, 4) is 5.75 Å². The van der Waals surface area contributed by atoms with Gasteiger partial charge in [0.15, 0.2) is 0 Å². The van der Waals surface area contributed by atoms with Gasteiger partial charge < -0.3 is 15.2 Å². The molecule has 0 heterocycles. The minimum Gasteiger partial charge on any atom is -0.496 e. The highest BCUT2D eigenvalue weighted by Crippen LogP contribution is 2.26. The lowest BCUT2D eigenvalue weighted by molar-refractivity contribution is 0.0347. The van der Waals surface area contributed by atoms with Gasteiger partial charge in [0.1, 0.15) is 5.75 Å². The van der Waals surface area contributed by atoms with Gasteiger partial charge in [-0.05, 0) is 37.5 Å². The highest BCUT2D eigenvalue weighted by molar-refractivity contribution is 9.10. The van der Waals surface area contributed by atoms with Crippen LogP contribution in [-0.4, -0.2) is 19.3 Å². The standard InChI is InChI=1S/C13H18BrNO2/c1-16-12-6-5-10(14)7-9(12)8-17-13-4-2-3-11(13)15/h5-7,11,13H,2-4,8,15H2,1H3. The third-order valence-electron chi connectivity index (χ3n) is 3.20. The van der Waals surface area contributed by atoms with Gasteiger partial charge in [-0.15, -0.1) is 0 Å². The van der Waals surface area contributed by atoms with Crippen LogP contribution in [0.1, 0.15) is 24.8 Å². The van der Waals surface area contributed by atoms with E-state index in [1.54, 1.807) is 7.11 Å². The summed E-state index contributed by atoms with van der Waals surface area (Å²) in [6, 6.07) is 6.12. The average Bonchev–Trinajstić information content (AvgIpc) is 2.72. The number of hydrogen-bond donors (Lipinski definition) is 1. The number of hydrogen-bond acceptors (Lipinski definition) is 3. The van der Waals surface area contributed by atoms with Gasteiger partial charge >= 0.3 is 0 Å². The minimum absolute atomic E-state index is 0.188. The van der Waals surface area contributed by atoms with Crippen LogP contribution < -0.4 is 10.5 Å². The number of rotatable bonds is 4. The van der Waals surface area contributed by atoms with Crippen molar-refractivity contribution in [1.82, 2.24) is 0 Å². The molecule has 94 valence electrons. The summed E-state index contributed by atoms with van der Waals surface area (Å²) in [6.45, 7) is 0.557. The smallest absolute Gasteiger partial charge is 0.124 e. The Labute approximate surface area is 110 Å². The zero-order valence-corrected chi connectivity index (χ0v) is 11.6. The Balaban J connectivity index is 2.00. The minimum atomic E-state index is 0.188. The van der Waals surface area contributed by atoms with Gasteiger partial charge in [-0.3, -0.25) is 0 Å². The first-order chi connectivity index (χ1) is 8.20. The molecule has 0 amide bonds. The molecule has 3 nitrogen and oxygen atoms in total. The SMILES string of the molecule is COc1ccc(Br)cc1COC1CCCC1N. The molecule has 2 unspecified atom stereocenters. The molecule has 2 rings (SSSR count). The number of benzene rings is 1. The van der Waals surface area contributed by atoms with Gasteiger partial charge in [0, 0.05) is 16.1 Å². The van der Waals surface area contributed by atoms with E-state index in [9.17, 15) is 0 Å². The number of halogens is 1. The summed E-state index contributed by atoms with van der Waals surface area (Å²) in [7, 11) is 1.67. The molecular formula is C13H18BrNO2. The fourth-order valence-corrected chi connectivity index (χ4v) is 2.63. The van der Waals surface area contributed by atoms with Crippen molar-refractivity contribution in [3.05, 3.63) is 28.2 Å². The Bertz CT molecular complexity index is 384. The van der Waals surface area contributed by atoms with Crippen LogP contribution >= 0.6 is 15.9 Å². The fourth-order valence-electron chi connectivity index (χ4n) is 2.22. The van der Waals surface area contributed by atoms with Crippen molar-refractivity contribution in [2.75, 3.05) is 7.11 Å². The predicted molar refractivity (Wildman–Crippen MR) is 71.1 cm³/mol. The lowest BCUT2D eigenvalue weighted by Gasteiger charge is -2.17. The van der Waals surface area contributed by atoms with E-state index >= 15 is 0 Å². The molecule has 2 N–H and O–H groups in total. The summed E-state index contributed by atoms with van der Waals surface area (Å²) in [5, 5.41) is 0. The van der Waals surface area contributed by atoms with Crippen molar-refractivity contribution in [2.24, 2.45) is 5.73 Å². The number of ether oxygens (including phenoxy) is 2. The van der Waals surface area contributed by atoms with E-state index in [1.807, 2.05) is 18.2 Å². The van der Waals surface area contributed by atoms with Gasteiger partial charge in [0.2, 0.25) is 0 Å². The Hall–Kier alpha value is -0.580. The largest absolute Gasteiger partial charge is 0.496 e. The molecule has 0 aliphatic heterocycles. The lowest BCUT2D eigenvalue weighted by atomic mass is 10.2. The van der Waals surface area contributed by atoms with Crippen LogP contribution in [0.25, 0.3) is 0 Å². The highest BCUT2D eigenvalue weighted by Gasteiger charge is 2.24. The predicted octanol–water partition coefficient (Wildman–Crippen LogP) is 2.85. The molecule has 0 spiro atoms. The zero-order valence-electron chi connectivity index (χ0n) is 9.99. The number of nitrogens with two attached hydrogens (primary N) is 1. The van der Waals surface area contributed by atoms with Gasteiger partial charge in [-0.25, -0.2) is 0 Å². The Morgan fingerprint density at radius 3 is 2.88 bits per heavy atom. The second-order valence-corrected chi connectivity index (χ2v) is 5.32. The van der Waals surface area contributed by atoms with Gasteiger partial charge in [0.05, 0.1) is 19.8 Å². The quantitative estimate of drug-likeness (QED) is 0.930. The average molecular weight is 300 g/mol. The third-order valence-corrected chi connectivity index (χ3v) is 3.69. The molecule has 1 aliphatic carbocycles. The summed E-state index contributed by atoms with van der Waals surface area (Å²) < 4.78 is 12.2. The van der Waals surface area contributed by atoms with Crippen molar-refractivity contribution >= 4 is 15.9 Å². The molecule has 1 fully saturated rings. The first kappa shape index (κ1) is 12.9. The Morgan fingerprint density at radius 2 is 2.24 bits per heavy atom. The number of methoxy groups -OCH3 is 1. The van der Waals surface area contributed by atoms with Gasteiger partial charge in [0.25, 0.3) is 0 Å². The normalized spacial score (nSPS) is 23.9. The van der Waals surface area contributed by atoms with E-state index in [-0.39, 0.29) is 12.1 Å². The van der Waals surface area contributed by atoms with Crippen molar-refractivity contribution in [3.63, 3.8) is 0 Å². The second-order valence-electron chi connectivity index (χ2n) is 4.40. The molecule has 1 aromatic rings. The van der Waals surface area contributed by atoms with Crippen LogP contribution in [0.4, 0.5) is 0 Å². The van der Waals surface area contributed by atoms with Crippen molar-refractivity contribution < 1.29 is 9.47 Å². The van der Waals surface area contributed by atoms with E-state index in [4.69, 9.17) is 15.2 Å². The molecule has 0 aromatic heterocycles. The van der Waals surface area contributed by atoms with Crippen LogP contribution in [0, 0.1) is 0 Å². The summed E-state index contributed by atoms with van der Waals surface area (Å²) in [5.74, 6) is 0.861. The maximum absolute atomic E-state index is 5.98. The topological polar surface area (TPSA) is 44.5 Å². The Morgan fingerprint density at radius 1 is 1.41 bits per heavy atom. The van der Waals surface area contributed by atoms with E-state index in [0.717, 1.165) is 28.6 Å². The molecule has 0 saturated heterocycles. The van der Waals surface area contributed by atoms with Crippen LogP contribution in [0.3, 0.4) is 0 Å². The summed E-state index contributed by atoms with van der Waals surface area (Å²) in [5.41, 5.74) is 7.03. The van der Waals surface area contributed by atoms with Crippen LogP contribution in [0.15, 0.2) is 22.7 Å². The van der Waals surface area contributed by atoms with E-state index < -0.39 is 0 Å². The third kappa shape index (κ3) is 3.21. The van der Waals surface area contributed by atoms with Crippen LogP contribution in [0.5, 0.6) is 5.75 Å².